The zero-order valence-electron chi connectivity index (χ0n) is 4.45. The molecule has 0 radical (unpaired) electrons. The van der Waals surface area contributed by atoms with Gasteiger partial charge in [-0.25, -0.2) is 0 Å². The second-order valence-corrected chi connectivity index (χ2v) is 1.62. The van der Waals surface area contributed by atoms with Crippen molar-refractivity contribution in [1.82, 2.24) is 0 Å². The quantitative estimate of drug-likeness (QED) is 0.439. The number of rotatable bonds is 0. The van der Waals surface area contributed by atoms with Gasteiger partial charge >= 0.3 is 0 Å². The van der Waals surface area contributed by atoms with Crippen molar-refractivity contribution in [2.24, 2.45) is 0 Å². The smallest absolute Gasteiger partial charge is 0.0626 e. The second kappa shape index (κ2) is 2.48. The van der Waals surface area contributed by atoms with Crippen LogP contribution < -0.4 is 5.11 Å². The molecule has 0 N–H and O–H groups in total. The second-order valence-electron chi connectivity index (χ2n) is 1.62. The van der Waals surface area contributed by atoms with E-state index in [0.29, 0.717) is 0 Å². The lowest BCUT2D eigenvalue weighted by Crippen LogP contribution is -2.18. The van der Waals surface area contributed by atoms with Gasteiger partial charge in [-0.3, -0.25) is 0 Å². The fourth-order valence-electron chi connectivity index (χ4n) is 0.540. The zero-order chi connectivity index (χ0) is 5.82. The van der Waals surface area contributed by atoms with Crippen molar-refractivity contribution in [2.75, 3.05) is 0 Å². The van der Waals surface area contributed by atoms with E-state index in [1.807, 2.05) is 12.2 Å². The molecule has 0 atom stereocenters. The van der Waals surface area contributed by atoms with Crippen LogP contribution in [0.5, 0.6) is 0 Å². The van der Waals surface area contributed by atoms with Crippen LogP contribution in [-0.2, 0) is 0 Å². The fraction of sp³-hybridized carbons (Fsp3) is 0.143. The summed E-state index contributed by atoms with van der Waals surface area (Å²) in [7, 11) is 0. The topological polar surface area (TPSA) is 23.1 Å². The number of allylic oxidation sites excluding steroid dienone is 4. The molecular weight excluding hydrogens is 100 g/mol. The highest BCUT2D eigenvalue weighted by Crippen LogP contribution is 1.91. The van der Waals surface area contributed by atoms with Crippen LogP contribution in [0.1, 0.15) is 0 Å². The van der Waals surface area contributed by atoms with Crippen LogP contribution in [0.4, 0.5) is 0 Å². The maximum absolute atomic E-state index is 10.6. The maximum Gasteiger partial charge on any atom is -0.0626 e. The van der Waals surface area contributed by atoms with E-state index in [-0.39, 0.29) is 0 Å². The van der Waals surface area contributed by atoms with Gasteiger partial charge in [-0.15, -0.1) is 0 Å². The summed E-state index contributed by atoms with van der Waals surface area (Å²) in [6, 6.07) is 0. The Morgan fingerprint density at radius 3 is 1.88 bits per heavy atom. The van der Waals surface area contributed by atoms with Crippen LogP contribution in [0.2, 0.25) is 0 Å². The zero-order valence-corrected chi connectivity index (χ0v) is 4.45. The molecule has 0 fully saturated rings. The summed E-state index contributed by atoms with van der Waals surface area (Å²) >= 11 is 0. The molecule has 0 spiro atoms. The summed E-state index contributed by atoms with van der Waals surface area (Å²) in [5, 5.41) is 10.6. The van der Waals surface area contributed by atoms with Gasteiger partial charge in [0.15, 0.2) is 0 Å². The summed E-state index contributed by atoms with van der Waals surface area (Å²) in [4.78, 5) is 0. The lowest BCUT2D eigenvalue weighted by Gasteiger charge is -2.08. The third kappa shape index (κ3) is 1.35. The predicted molar refractivity (Wildman–Crippen MR) is 31.2 cm³/mol. The highest BCUT2D eigenvalue weighted by molar-refractivity contribution is 5.19. The van der Waals surface area contributed by atoms with E-state index in [4.69, 9.17) is 0 Å². The largest absolute Gasteiger partial charge is 0.846 e. The Balaban J connectivity index is 2.66. The van der Waals surface area contributed by atoms with Crippen LogP contribution in [-0.4, -0.2) is 6.10 Å². The van der Waals surface area contributed by atoms with Gasteiger partial charge in [0.1, 0.15) is 0 Å². The monoisotopic (exact) mass is 107 g/mol. The Hall–Kier alpha value is -0.820. The number of hydrogen-bond acceptors (Lipinski definition) is 1. The Labute approximate surface area is 48.6 Å². The van der Waals surface area contributed by atoms with Crippen molar-refractivity contribution in [3.63, 3.8) is 0 Å². The minimum Gasteiger partial charge on any atom is -0.846 e. The van der Waals surface area contributed by atoms with Crippen LogP contribution in [0.3, 0.4) is 0 Å². The molecule has 0 unspecified atom stereocenters. The van der Waals surface area contributed by atoms with Crippen molar-refractivity contribution in [3.8, 4) is 0 Å². The average molecular weight is 107 g/mol. The normalized spacial score (nSPS) is 19.1. The first-order valence-electron chi connectivity index (χ1n) is 2.57. The predicted octanol–water partition coefficient (Wildman–Crippen LogP) is 0.397. The minimum absolute atomic E-state index is 0.648. The van der Waals surface area contributed by atoms with E-state index in [1.165, 1.54) is 0 Å². The van der Waals surface area contributed by atoms with Gasteiger partial charge in [-0.2, -0.15) is 0 Å². The van der Waals surface area contributed by atoms with Crippen LogP contribution in [0.25, 0.3) is 0 Å². The molecule has 8 heavy (non-hydrogen) atoms. The van der Waals surface area contributed by atoms with Gasteiger partial charge in [0.05, 0.1) is 0 Å². The lowest BCUT2D eigenvalue weighted by molar-refractivity contribution is -0.386. The molecule has 42 valence electrons. The van der Waals surface area contributed by atoms with Crippen molar-refractivity contribution < 1.29 is 5.11 Å². The van der Waals surface area contributed by atoms with Gasteiger partial charge in [-0.1, -0.05) is 42.6 Å². The first kappa shape index (κ1) is 5.32. The minimum atomic E-state index is -0.648. The molecule has 1 aliphatic carbocycles. The molecule has 0 amide bonds. The Bertz CT molecular complexity index is 126. The molecule has 1 aliphatic rings. The molecular formula is C7H7O-. The maximum atomic E-state index is 10.6. The van der Waals surface area contributed by atoms with Gasteiger partial charge in [0, 0.05) is 0 Å². The summed E-state index contributed by atoms with van der Waals surface area (Å²) in [6.07, 6.45) is 9.78. The van der Waals surface area contributed by atoms with E-state index in [0.717, 1.165) is 0 Å². The van der Waals surface area contributed by atoms with Crippen LogP contribution in [0, 0.1) is 0 Å². The van der Waals surface area contributed by atoms with Gasteiger partial charge in [-0.05, 0) is 0 Å². The SMILES string of the molecule is [O-]C1C=CC=CC=C1. The molecule has 0 saturated carbocycles. The first-order chi connectivity index (χ1) is 3.89. The highest BCUT2D eigenvalue weighted by Gasteiger charge is 1.78. The van der Waals surface area contributed by atoms with Crippen LogP contribution >= 0.6 is 0 Å². The van der Waals surface area contributed by atoms with Crippen molar-refractivity contribution in [1.29, 1.82) is 0 Å². The van der Waals surface area contributed by atoms with E-state index < -0.39 is 6.10 Å². The molecule has 0 aliphatic heterocycles. The van der Waals surface area contributed by atoms with E-state index in [2.05, 4.69) is 0 Å². The van der Waals surface area contributed by atoms with E-state index in [1.54, 1.807) is 24.3 Å². The molecule has 0 aromatic heterocycles. The fourth-order valence-corrected chi connectivity index (χ4v) is 0.540. The summed E-state index contributed by atoms with van der Waals surface area (Å²) in [5.74, 6) is 0. The van der Waals surface area contributed by atoms with Gasteiger partial charge in [0.2, 0.25) is 0 Å². The van der Waals surface area contributed by atoms with Crippen molar-refractivity contribution >= 4 is 0 Å². The molecule has 0 heterocycles. The average Bonchev–Trinajstić information content (AvgIpc) is 1.94. The summed E-state index contributed by atoms with van der Waals surface area (Å²) in [6.45, 7) is 0. The molecule has 0 saturated heterocycles. The van der Waals surface area contributed by atoms with E-state index in [9.17, 15) is 5.11 Å². The van der Waals surface area contributed by atoms with E-state index >= 15 is 0 Å². The van der Waals surface area contributed by atoms with Gasteiger partial charge in [0.25, 0.3) is 0 Å². The molecule has 1 nitrogen and oxygen atoms in total. The molecule has 0 aromatic carbocycles. The summed E-state index contributed by atoms with van der Waals surface area (Å²) in [5.41, 5.74) is 0. The third-order valence-corrected chi connectivity index (χ3v) is 0.935. The molecule has 1 rings (SSSR count). The third-order valence-electron chi connectivity index (χ3n) is 0.935. The Morgan fingerprint density at radius 2 is 1.38 bits per heavy atom. The van der Waals surface area contributed by atoms with Crippen LogP contribution in [0.15, 0.2) is 36.5 Å². The first-order valence-corrected chi connectivity index (χ1v) is 2.57. The van der Waals surface area contributed by atoms with Gasteiger partial charge < -0.3 is 5.11 Å². The molecule has 0 aromatic rings. The summed E-state index contributed by atoms with van der Waals surface area (Å²) < 4.78 is 0. The molecule has 1 heteroatoms. The highest BCUT2D eigenvalue weighted by atomic mass is 16.3. The molecule has 0 bridgehead atoms. The Morgan fingerprint density at radius 1 is 0.875 bits per heavy atom. The number of hydrogen-bond donors (Lipinski definition) is 0. The Kier molecular flexibility index (Phi) is 1.65. The van der Waals surface area contributed by atoms with Crippen molar-refractivity contribution in [3.05, 3.63) is 36.5 Å². The lowest BCUT2D eigenvalue weighted by atomic mass is 10.3. The van der Waals surface area contributed by atoms with Crippen molar-refractivity contribution in [2.45, 2.75) is 6.10 Å². The standard InChI is InChI=1S/C7H7O/c8-7-5-3-1-2-4-6-7/h1-7H/q-1.